The first-order chi connectivity index (χ1) is 47.3. The lowest BCUT2D eigenvalue weighted by Gasteiger charge is -2.63. The van der Waals surface area contributed by atoms with Gasteiger partial charge in [0.2, 0.25) is 6.79 Å². The highest BCUT2D eigenvalue weighted by Crippen LogP contribution is 2.68. The Kier molecular flexibility index (Phi) is 28.8. The Hall–Kier alpha value is -4.29. The van der Waals surface area contributed by atoms with Gasteiger partial charge in [0, 0.05) is 36.3 Å². The Labute approximate surface area is 597 Å². The smallest absolute Gasteiger partial charge is 0.504 e. The zero-order valence-electron chi connectivity index (χ0n) is 59.7. The molecule has 6 aliphatic carbocycles. The lowest BCUT2D eigenvalue weighted by atomic mass is 9.48. The summed E-state index contributed by atoms with van der Waals surface area (Å²) in [4.78, 5) is 28.3. The molecule has 8 atom stereocenters. The lowest BCUT2D eigenvalue weighted by Crippen LogP contribution is -2.75. The van der Waals surface area contributed by atoms with E-state index < -0.39 is 34.3 Å². The fraction of sp³-hybridized carbons (Fsp3) is 0.732. The van der Waals surface area contributed by atoms with Gasteiger partial charge in [-0.05, 0) is 223 Å². The molecule has 2 spiro atoms. The van der Waals surface area contributed by atoms with E-state index in [0.717, 1.165) is 137 Å². The summed E-state index contributed by atoms with van der Waals surface area (Å²) in [6.07, 6.45) is 54.8. The van der Waals surface area contributed by atoms with E-state index >= 15 is 0 Å². The Morgan fingerprint density at radius 1 is 0.536 bits per heavy atom. The SMILES string of the molecule is C=C1CC[C@@]2(O)C3Cc4ccc(O)c5c4[C@@]2(CCN3CC2CC2)[C@H]1O5.C=C1CC[C@@]2(O)C3Cc4ccc(OCOC(=O)OCCCCCCCC/C=C/CCCCCCCC)c5c4[C@@]2(CCN3CC2CC2)[C@H]1O5.CCCCCCCC/C=C/CCCCCCCCOC(=O)OCI. The van der Waals surface area contributed by atoms with Crippen LogP contribution in [-0.2, 0) is 42.6 Å². The van der Waals surface area contributed by atoms with Crippen molar-refractivity contribution in [3.63, 3.8) is 0 Å². The number of carbonyl (C=O) groups excluding carboxylic acids is 2. The van der Waals surface area contributed by atoms with E-state index in [-0.39, 0.29) is 36.8 Å². The minimum absolute atomic E-state index is 0.0983. The first-order valence-electron chi connectivity index (χ1n) is 39.0. The van der Waals surface area contributed by atoms with Crippen LogP contribution in [-0.4, -0.2) is 124 Å². The number of aromatic hydroxyl groups is 1. The summed E-state index contributed by atoms with van der Waals surface area (Å²) >= 11 is 1.98. The maximum Gasteiger partial charge on any atom is 0.511 e. The number of piperidine rings is 2. The van der Waals surface area contributed by atoms with E-state index in [1.54, 1.807) is 6.07 Å². The molecule has 2 aromatic rings. The fourth-order valence-corrected chi connectivity index (χ4v) is 18.4. The summed E-state index contributed by atoms with van der Waals surface area (Å²) in [5, 5.41) is 35.0. The molecule has 97 heavy (non-hydrogen) atoms. The minimum atomic E-state index is -0.854. The summed E-state index contributed by atoms with van der Waals surface area (Å²) in [5.74, 6) is 3.66. The predicted octanol–water partition coefficient (Wildman–Crippen LogP) is 19.4. The second kappa shape index (κ2) is 37.1. The van der Waals surface area contributed by atoms with Crippen LogP contribution < -0.4 is 14.2 Å². The number of hydrogen-bond donors (Lipinski definition) is 3. The molecule has 2 unspecified atom stereocenters. The molecule has 15 heteroatoms. The van der Waals surface area contributed by atoms with E-state index in [1.807, 2.05) is 34.7 Å². The van der Waals surface area contributed by atoms with Gasteiger partial charge in [0.05, 0.1) is 35.2 Å². The number of alkyl halides is 1. The number of nitrogens with zero attached hydrogens (tertiary/aromatic N) is 2. The van der Waals surface area contributed by atoms with Gasteiger partial charge in [-0.2, -0.15) is 0 Å². The third-order valence-electron chi connectivity index (χ3n) is 23.7. The largest absolute Gasteiger partial charge is 0.511 e. The summed E-state index contributed by atoms with van der Waals surface area (Å²) in [6.45, 7) is 18.0. The van der Waals surface area contributed by atoms with Crippen LogP contribution in [0.5, 0.6) is 23.0 Å². The topological polar surface area (TPSA) is 166 Å². The van der Waals surface area contributed by atoms with Gasteiger partial charge in [0.1, 0.15) is 16.8 Å². The third kappa shape index (κ3) is 18.3. The fourth-order valence-electron chi connectivity index (χ4n) is 18.2. The van der Waals surface area contributed by atoms with Crippen LogP contribution >= 0.6 is 22.6 Å². The third-order valence-corrected chi connectivity index (χ3v) is 24.0. The summed E-state index contributed by atoms with van der Waals surface area (Å²) in [5.41, 5.74) is 4.24. The van der Waals surface area contributed by atoms with Gasteiger partial charge in [-0.1, -0.05) is 179 Å². The average Bonchev–Trinajstić information content (AvgIpc) is 1.69. The molecule has 0 aromatic heterocycles. The molecule has 4 aliphatic heterocycles. The number of hydrogen-bond acceptors (Lipinski definition) is 14. The van der Waals surface area contributed by atoms with Crippen LogP contribution in [0, 0.1) is 11.8 Å². The molecule has 4 bridgehead atoms. The van der Waals surface area contributed by atoms with Crippen molar-refractivity contribution in [1.82, 2.24) is 9.80 Å². The van der Waals surface area contributed by atoms with Crippen molar-refractivity contribution >= 4 is 34.9 Å². The van der Waals surface area contributed by atoms with Gasteiger partial charge < -0.3 is 48.5 Å². The van der Waals surface area contributed by atoms with Crippen LogP contribution in [0.2, 0.25) is 0 Å². The van der Waals surface area contributed by atoms with Gasteiger partial charge in [-0.25, -0.2) is 9.59 Å². The van der Waals surface area contributed by atoms with Crippen molar-refractivity contribution < 1.29 is 58.1 Å². The zero-order chi connectivity index (χ0) is 68.1. The Morgan fingerprint density at radius 3 is 1.38 bits per heavy atom. The number of phenols is 1. The quantitative estimate of drug-likeness (QED) is 0.0144. The van der Waals surface area contributed by atoms with Crippen LogP contribution in [0.15, 0.2) is 72.9 Å². The van der Waals surface area contributed by atoms with Crippen LogP contribution in [0.4, 0.5) is 9.59 Å². The first-order valence-corrected chi connectivity index (χ1v) is 40.6. The molecule has 0 radical (unpaired) electrons. The van der Waals surface area contributed by atoms with Gasteiger partial charge in [0.15, 0.2) is 23.0 Å². The molecule has 14 nitrogen and oxygen atoms in total. The number of benzene rings is 2. The van der Waals surface area contributed by atoms with Crippen LogP contribution in [0.25, 0.3) is 0 Å². The molecule has 6 fully saturated rings. The number of halogens is 1. The highest BCUT2D eigenvalue weighted by Gasteiger charge is 2.73. The highest BCUT2D eigenvalue weighted by molar-refractivity contribution is 14.1. The number of phenolic OH excluding ortho intramolecular Hbond substituents is 1. The normalized spacial score (nSPS) is 26.9. The van der Waals surface area contributed by atoms with Crippen LogP contribution in [0.3, 0.4) is 0 Å². The summed E-state index contributed by atoms with van der Waals surface area (Å²) < 4.78 is 39.5. The molecule has 12 rings (SSSR count). The van der Waals surface area contributed by atoms with Crippen LogP contribution in [0.1, 0.15) is 280 Å². The Balaban J connectivity index is 0.000000175. The first kappa shape index (κ1) is 75.4. The van der Waals surface area contributed by atoms with E-state index in [4.69, 9.17) is 28.4 Å². The molecule has 540 valence electrons. The lowest BCUT2D eigenvalue weighted by molar-refractivity contribution is -0.174. The van der Waals surface area contributed by atoms with E-state index in [2.05, 4.69) is 71.9 Å². The molecule has 0 amide bonds. The number of rotatable bonds is 40. The summed E-state index contributed by atoms with van der Waals surface area (Å²) in [7, 11) is 0. The van der Waals surface area contributed by atoms with Crippen molar-refractivity contribution in [2.75, 3.05) is 50.8 Å². The molecule has 10 aliphatic rings. The average molecular weight is 1460 g/mol. The number of aliphatic hydroxyl groups is 2. The number of likely N-dealkylation sites (tertiary alicyclic amines) is 2. The minimum Gasteiger partial charge on any atom is -0.504 e. The molecule has 2 aromatic carbocycles. The number of unbranched alkanes of at least 4 members (excludes halogenated alkanes) is 24. The number of carbonyl (C=O) groups is 2. The standard InChI is InChI=1S/C41H61NO6.C21H25NO3.C20H37IO3/c1-3-4-5-6-7-8-9-10-11-12-13-14-15-16-17-18-27-45-39(43)47-30-46-34-22-21-33-28-35-41(44)24-23-31(2)38-40(41,36(33)37(34)48-38)25-26-42(35)29-32-19-20-32;1-12-6-7-21(24)16-10-14-4-5-15(23)18-17(14)20(21,19(12)25-18)8-9-22(16)11-13-2-3-13;1-2-3-4-5-6-7-8-9-10-11-12-13-14-15-16-17-18-23-20(22)24-19-21/h10-11,21-22,32,35,38,44H,2-9,12-20,23-30H2,1H3;4-5,13,16,19,23-24H,1-3,6-11H2;9-10H,2-8,11-19H2,1H3/b11-10+;;10-9+/t35?,38-,40-,41+;16?,19-,20-,21+;/m00./s1. The Bertz CT molecular complexity index is 2920. The van der Waals surface area contributed by atoms with Crippen molar-refractivity contribution in [2.24, 2.45) is 11.8 Å². The van der Waals surface area contributed by atoms with Crippen molar-refractivity contribution in [3.8, 4) is 23.0 Å². The monoisotopic (exact) mass is 1450 g/mol. The van der Waals surface area contributed by atoms with Gasteiger partial charge in [0.25, 0.3) is 0 Å². The van der Waals surface area contributed by atoms with Crippen molar-refractivity contribution in [2.45, 2.75) is 317 Å². The molecular weight excluding hydrogens is 1330 g/mol. The molecule has 2 saturated heterocycles. The maximum atomic E-state index is 12.5. The molecular formula is C82H123IN2O12. The van der Waals surface area contributed by atoms with E-state index in [0.29, 0.717) is 41.5 Å². The maximum absolute atomic E-state index is 12.5. The molecule has 3 N–H and O–H groups in total. The molecule has 4 heterocycles. The van der Waals surface area contributed by atoms with Crippen molar-refractivity contribution in [3.05, 3.63) is 95.1 Å². The van der Waals surface area contributed by atoms with Gasteiger partial charge >= 0.3 is 12.3 Å². The second-order valence-electron chi connectivity index (χ2n) is 30.5. The predicted molar refractivity (Wildman–Crippen MR) is 394 cm³/mol. The number of allylic oxidation sites excluding steroid dienone is 4. The second-order valence-corrected chi connectivity index (χ2v) is 31.2. The summed E-state index contributed by atoms with van der Waals surface area (Å²) in [6, 6.07) is 8.11. The van der Waals surface area contributed by atoms with Crippen molar-refractivity contribution in [1.29, 1.82) is 0 Å². The number of ether oxygens (including phenoxy) is 7. The van der Waals surface area contributed by atoms with E-state index in [9.17, 15) is 24.9 Å². The molecule has 4 saturated carbocycles. The van der Waals surface area contributed by atoms with Gasteiger partial charge in [-0.3, -0.25) is 9.80 Å². The Morgan fingerprint density at radius 2 is 0.938 bits per heavy atom. The van der Waals surface area contributed by atoms with Gasteiger partial charge in [-0.15, -0.1) is 0 Å². The highest BCUT2D eigenvalue weighted by atomic mass is 127. The zero-order valence-corrected chi connectivity index (χ0v) is 61.9. The van der Waals surface area contributed by atoms with E-state index in [1.165, 1.54) is 184 Å².